The van der Waals surface area contributed by atoms with E-state index in [4.69, 9.17) is 13.6 Å². The molecule has 134 valence electrons. The van der Waals surface area contributed by atoms with E-state index in [0.29, 0.717) is 11.3 Å². The van der Waals surface area contributed by atoms with Crippen molar-refractivity contribution < 1.29 is 23.2 Å². The van der Waals surface area contributed by atoms with Gasteiger partial charge in [0, 0.05) is 5.69 Å². The summed E-state index contributed by atoms with van der Waals surface area (Å²) in [5.41, 5.74) is 0.839. The molecule has 1 N–H and O–H groups in total. The summed E-state index contributed by atoms with van der Waals surface area (Å²) in [6.45, 7) is 1.67. The van der Waals surface area contributed by atoms with Gasteiger partial charge in [-0.05, 0) is 43.3 Å². The van der Waals surface area contributed by atoms with Crippen LogP contribution < -0.4 is 11.1 Å². The van der Waals surface area contributed by atoms with Gasteiger partial charge in [0.25, 0.3) is 5.89 Å². The van der Waals surface area contributed by atoms with E-state index in [-0.39, 0.29) is 24.8 Å². The van der Waals surface area contributed by atoms with Crippen LogP contribution in [0.2, 0.25) is 0 Å². The molecule has 2 heterocycles. The van der Waals surface area contributed by atoms with Crippen LogP contribution in [0.25, 0.3) is 11.7 Å². The summed E-state index contributed by atoms with van der Waals surface area (Å²) in [4.78, 5) is 35.4. The van der Waals surface area contributed by atoms with Crippen LogP contribution in [0.15, 0.2) is 56.3 Å². The zero-order valence-electron chi connectivity index (χ0n) is 13.8. The van der Waals surface area contributed by atoms with Crippen molar-refractivity contribution in [3.63, 3.8) is 0 Å². The number of ether oxygens (including phenoxy) is 1. The molecule has 0 spiro atoms. The van der Waals surface area contributed by atoms with Crippen molar-refractivity contribution in [2.45, 2.75) is 13.5 Å². The zero-order chi connectivity index (χ0) is 18.5. The highest BCUT2D eigenvalue weighted by Crippen LogP contribution is 2.15. The summed E-state index contributed by atoms with van der Waals surface area (Å²) in [5.74, 6) is -1.41. The van der Waals surface area contributed by atoms with Gasteiger partial charge in [0.1, 0.15) is 6.54 Å². The van der Waals surface area contributed by atoms with Crippen molar-refractivity contribution in [3.05, 3.63) is 58.8 Å². The van der Waals surface area contributed by atoms with Gasteiger partial charge in [0.2, 0.25) is 5.91 Å². The number of carbonyl (C=O) groups excluding carboxylic acids is 2. The Morgan fingerprint density at radius 3 is 2.65 bits per heavy atom. The number of rotatable bonds is 6. The van der Waals surface area contributed by atoms with Crippen molar-refractivity contribution in [2.24, 2.45) is 0 Å². The van der Waals surface area contributed by atoms with Crippen LogP contribution >= 0.6 is 0 Å². The number of nitrogens with zero attached hydrogens (tertiary/aromatic N) is 2. The first kappa shape index (κ1) is 17.2. The van der Waals surface area contributed by atoms with E-state index in [0.717, 1.165) is 4.68 Å². The first-order valence-corrected chi connectivity index (χ1v) is 7.75. The molecule has 0 unspecified atom stereocenters. The summed E-state index contributed by atoms with van der Waals surface area (Å²) in [7, 11) is 0. The Morgan fingerprint density at radius 2 is 2.00 bits per heavy atom. The zero-order valence-corrected chi connectivity index (χ0v) is 13.8. The molecule has 3 rings (SSSR count). The van der Waals surface area contributed by atoms with E-state index in [1.54, 1.807) is 31.2 Å². The van der Waals surface area contributed by atoms with E-state index >= 15 is 0 Å². The summed E-state index contributed by atoms with van der Waals surface area (Å²) in [6.07, 6.45) is 1.42. The maximum absolute atomic E-state index is 12.1. The lowest BCUT2D eigenvalue weighted by molar-refractivity contribution is -0.117. The van der Waals surface area contributed by atoms with Crippen LogP contribution in [0, 0.1) is 0 Å². The third-order valence-electron chi connectivity index (χ3n) is 3.31. The molecule has 9 heteroatoms. The predicted molar refractivity (Wildman–Crippen MR) is 89.5 cm³/mol. The van der Waals surface area contributed by atoms with Crippen LogP contribution in [0.4, 0.5) is 5.69 Å². The number of hydrogen-bond acceptors (Lipinski definition) is 7. The van der Waals surface area contributed by atoms with E-state index in [1.165, 1.54) is 18.4 Å². The molecule has 0 saturated carbocycles. The molecule has 0 atom stereocenters. The third-order valence-corrected chi connectivity index (χ3v) is 3.31. The van der Waals surface area contributed by atoms with Crippen LogP contribution in [0.5, 0.6) is 0 Å². The van der Waals surface area contributed by atoms with Gasteiger partial charge < -0.3 is 18.9 Å². The van der Waals surface area contributed by atoms with Crippen LogP contribution in [0.3, 0.4) is 0 Å². The maximum Gasteiger partial charge on any atom is 0.437 e. The number of carbonyl (C=O) groups is 2. The number of esters is 1. The van der Waals surface area contributed by atoms with Crippen molar-refractivity contribution in [2.75, 3.05) is 11.9 Å². The fraction of sp³-hybridized carbons (Fsp3) is 0.176. The first-order valence-electron chi connectivity index (χ1n) is 7.75. The number of anilines is 1. The van der Waals surface area contributed by atoms with Crippen molar-refractivity contribution in [1.29, 1.82) is 0 Å². The highest BCUT2D eigenvalue weighted by atomic mass is 16.5. The first-order chi connectivity index (χ1) is 12.6. The minimum absolute atomic E-state index is 0.00779. The van der Waals surface area contributed by atoms with E-state index in [9.17, 15) is 14.4 Å². The van der Waals surface area contributed by atoms with E-state index in [1.807, 2.05) is 0 Å². The van der Waals surface area contributed by atoms with E-state index < -0.39 is 17.6 Å². The molecule has 0 bridgehead atoms. The van der Waals surface area contributed by atoms with Crippen molar-refractivity contribution in [1.82, 2.24) is 9.78 Å². The number of hydrogen-bond donors (Lipinski definition) is 1. The van der Waals surface area contributed by atoms with Crippen LogP contribution in [-0.2, 0) is 16.1 Å². The Kier molecular flexibility index (Phi) is 4.97. The van der Waals surface area contributed by atoms with Gasteiger partial charge in [0.05, 0.1) is 18.4 Å². The molecule has 0 radical (unpaired) electrons. The highest BCUT2D eigenvalue weighted by Gasteiger charge is 2.15. The molecule has 2 aromatic heterocycles. The fourth-order valence-corrected chi connectivity index (χ4v) is 2.15. The average Bonchev–Trinajstić information content (AvgIpc) is 3.26. The molecule has 0 aliphatic heterocycles. The molecule has 0 fully saturated rings. The normalized spacial score (nSPS) is 10.5. The lowest BCUT2D eigenvalue weighted by Crippen LogP contribution is -2.25. The Bertz CT molecular complexity index is 953. The quantitative estimate of drug-likeness (QED) is 0.670. The van der Waals surface area contributed by atoms with E-state index in [2.05, 4.69) is 10.4 Å². The fourth-order valence-electron chi connectivity index (χ4n) is 2.15. The second-order valence-electron chi connectivity index (χ2n) is 5.15. The Hall–Kier alpha value is -3.62. The molecule has 3 aromatic rings. The van der Waals surface area contributed by atoms with Gasteiger partial charge in [-0.2, -0.15) is 4.68 Å². The molecular weight excluding hydrogens is 342 g/mol. The van der Waals surface area contributed by atoms with Gasteiger partial charge >= 0.3 is 11.7 Å². The minimum Gasteiger partial charge on any atom is -0.462 e. The monoisotopic (exact) mass is 357 g/mol. The number of benzene rings is 1. The number of amides is 1. The molecule has 1 aromatic carbocycles. The van der Waals surface area contributed by atoms with Gasteiger partial charge in [0.15, 0.2) is 5.76 Å². The predicted octanol–water partition coefficient (Wildman–Crippen LogP) is 1.91. The van der Waals surface area contributed by atoms with Crippen LogP contribution in [-0.4, -0.2) is 28.3 Å². The highest BCUT2D eigenvalue weighted by molar-refractivity contribution is 5.92. The summed E-state index contributed by atoms with van der Waals surface area (Å²) in [6, 6.07) is 9.39. The van der Waals surface area contributed by atoms with Gasteiger partial charge in [-0.15, -0.1) is 5.10 Å². The Labute approximate surface area is 147 Å². The van der Waals surface area contributed by atoms with Crippen molar-refractivity contribution in [3.8, 4) is 11.7 Å². The number of furan rings is 1. The third kappa shape index (κ3) is 3.89. The lowest BCUT2D eigenvalue weighted by atomic mass is 10.2. The topological polar surface area (TPSA) is 117 Å². The average molecular weight is 357 g/mol. The molecule has 1 amide bonds. The SMILES string of the molecule is CCOC(=O)c1ccc(NC(=O)Cn2nc(-c3ccco3)oc2=O)cc1. The largest absolute Gasteiger partial charge is 0.462 e. The van der Waals surface area contributed by atoms with Crippen LogP contribution in [0.1, 0.15) is 17.3 Å². The number of nitrogens with one attached hydrogen (secondary N) is 1. The molecule has 0 saturated heterocycles. The Morgan fingerprint density at radius 1 is 1.23 bits per heavy atom. The second-order valence-corrected chi connectivity index (χ2v) is 5.15. The smallest absolute Gasteiger partial charge is 0.437 e. The Balaban J connectivity index is 1.64. The molecule has 26 heavy (non-hydrogen) atoms. The minimum atomic E-state index is -0.774. The standard InChI is InChI=1S/C17H15N3O6/c1-2-24-16(22)11-5-7-12(8-6-11)18-14(21)10-20-17(23)26-15(19-20)13-4-3-9-25-13/h3-9H,2,10H2,1H3,(H,18,21). The summed E-state index contributed by atoms with van der Waals surface area (Å²) in [5, 5.41) is 6.52. The number of aromatic nitrogens is 2. The maximum atomic E-state index is 12.1. The van der Waals surface area contributed by atoms with Gasteiger partial charge in [-0.25, -0.2) is 9.59 Å². The van der Waals surface area contributed by atoms with Crippen molar-refractivity contribution >= 4 is 17.6 Å². The molecule has 0 aliphatic carbocycles. The summed E-state index contributed by atoms with van der Waals surface area (Å²) >= 11 is 0. The van der Waals surface area contributed by atoms with Gasteiger partial charge in [-0.1, -0.05) is 0 Å². The molecular formula is C17H15N3O6. The lowest BCUT2D eigenvalue weighted by Gasteiger charge is -2.06. The molecule has 9 nitrogen and oxygen atoms in total. The van der Waals surface area contributed by atoms with Gasteiger partial charge in [-0.3, -0.25) is 4.79 Å². The second kappa shape index (κ2) is 7.51. The summed E-state index contributed by atoms with van der Waals surface area (Å²) < 4.78 is 15.8. The molecule has 0 aliphatic rings.